The minimum Gasteiger partial charge on any atom is -0.387 e. The zero-order valence-corrected chi connectivity index (χ0v) is 13.2. The molecule has 1 aromatic rings. The summed E-state index contributed by atoms with van der Waals surface area (Å²) in [6.07, 6.45) is 0.933. The molecule has 114 valence electrons. The third-order valence-corrected chi connectivity index (χ3v) is 2.43. The molecule has 0 bridgehead atoms. The summed E-state index contributed by atoms with van der Waals surface area (Å²) in [4.78, 5) is 10.8. The molecule has 0 saturated heterocycles. The number of anilines is 1. The van der Waals surface area contributed by atoms with Gasteiger partial charge in [-0.25, -0.2) is 0 Å². The van der Waals surface area contributed by atoms with Crippen molar-refractivity contribution in [3.8, 4) is 0 Å². The minimum atomic E-state index is -0.476. The number of carbonyl (C=O) groups excluding carboxylic acids is 1. The molecule has 0 atom stereocenters. The third-order valence-electron chi connectivity index (χ3n) is 2.43. The normalized spacial score (nSPS) is 10.2. The van der Waals surface area contributed by atoms with Gasteiger partial charge in [-0.15, -0.1) is 0 Å². The van der Waals surface area contributed by atoms with E-state index in [0.717, 1.165) is 17.7 Å². The van der Waals surface area contributed by atoms with E-state index in [1.807, 2.05) is 25.1 Å². The van der Waals surface area contributed by atoms with Crippen LogP contribution >= 0.6 is 0 Å². The maximum atomic E-state index is 10.8. The van der Waals surface area contributed by atoms with Gasteiger partial charge in [0.1, 0.15) is 6.61 Å². The van der Waals surface area contributed by atoms with Crippen LogP contribution in [0, 0.1) is 0 Å². The van der Waals surface area contributed by atoms with Crippen molar-refractivity contribution in [2.75, 3.05) is 11.9 Å². The fraction of sp³-hybridized carbons (Fsp3) is 0.562. The quantitative estimate of drug-likeness (QED) is 0.777. The predicted molar refractivity (Wildman–Crippen MR) is 84.9 cm³/mol. The second-order valence-electron chi connectivity index (χ2n) is 5.24. The molecule has 3 N–H and O–H groups in total. The minimum absolute atomic E-state index is 0.381. The van der Waals surface area contributed by atoms with Gasteiger partial charge in [0.05, 0.1) is 0 Å². The largest absolute Gasteiger partial charge is 0.387 e. The average molecular weight is 280 g/mol. The summed E-state index contributed by atoms with van der Waals surface area (Å²) in [5.74, 6) is -0.381. The highest BCUT2D eigenvalue weighted by atomic mass is 16.3. The molecule has 0 aliphatic rings. The van der Waals surface area contributed by atoms with Crippen LogP contribution in [0.5, 0.6) is 0 Å². The van der Waals surface area contributed by atoms with Crippen molar-refractivity contribution >= 4 is 11.6 Å². The number of hydrogen-bond donors (Lipinski definition) is 3. The van der Waals surface area contributed by atoms with E-state index in [1.165, 1.54) is 0 Å². The van der Waals surface area contributed by atoms with Gasteiger partial charge in [-0.3, -0.25) is 4.79 Å². The Morgan fingerprint density at radius 3 is 2.20 bits per heavy atom. The fourth-order valence-electron chi connectivity index (χ4n) is 1.74. The smallest absolute Gasteiger partial charge is 0.250 e. The van der Waals surface area contributed by atoms with Gasteiger partial charge in [-0.2, -0.15) is 0 Å². The standard InChI is InChI=1S/C10H13NO2.C6H15N/c1-2-8-4-3-5-9(6-8)11-10(13)7-12;1-5(2)7-6(3)4/h3-6,12H,2,7H2,1H3,(H,11,13);5-7H,1-4H3. The Bertz CT molecular complexity index is 384. The molecule has 0 unspecified atom stereocenters. The molecule has 4 heteroatoms. The van der Waals surface area contributed by atoms with E-state index in [2.05, 4.69) is 38.3 Å². The number of amides is 1. The molecule has 0 saturated carbocycles. The molecule has 4 nitrogen and oxygen atoms in total. The van der Waals surface area contributed by atoms with Crippen LogP contribution in [0.4, 0.5) is 5.69 Å². The zero-order chi connectivity index (χ0) is 15.5. The van der Waals surface area contributed by atoms with Crippen molar-refractivity contribution in [3.63, 3.8) is 0 Å². The molecule has 0 spiro atoms. The predicted octanol–water partition coefficient (Wildman–Crippen LogP) is 2.57. The van der Waals surface area contributed by atoms with E-state index < -0.39 is 6.61 Å². The van der Waals surface area contributed by atoms with Crippen LogP contribution in [0.25, 0.3) is 0 Å². The number of nitrogens with one attached hydrogen (secondary N) is 2. The molecule has 20 heavy (non-hydrogen) atoms. The van der Waals surface area contributed by atoms with Crippen molar-refractivity contribution in [2.24, 2.45) is 0 Å². The lowest BCUT2D eigenvalue weighted by Gasteiger charge is -2.10. The third kappa shape index (κ3) is 9.53. The van der Waals surface area contributed by atoms with Gasteiger partial charge in [0.2, 0.25) is 5.91 Å². The van der Waals surface area contributed by atoms with Crippen LogP contribution in [0.3, 0.4) is 0 Å². The summed E-state index contributed by atoms with van der Waals surface area (Å²) in [5.41, 5.74) is 1.90. The molecule has 0 aromatic heterocycles. The molecule has 0 heterocycles. The van der Waals surface area contributed by atoms with Gasteiger partial charge in [0.15, 0.2) is 0 Å². The molecule has 1 aromatic carbocycles. The molecule has 1 amide bonds. The van der Waals surface area contributed by atoms with Gasteiger partial charge >= 0.3 is 0 Å². The van der Waals surface area contributed by atoms with Gasteiger partial charge in [-0.05, 0) is 24.1 Å². The summed E-state index contributed by atoms with van der Waals surface area (Å²) in [7, 11) is 0. The second-order valence-corrected chi connectivity index (χ2v) is 5.24. The SMILES string of the molecule is CC(C)NC(C)C.CCc1cccc(NC(=O)CO)c1. The van der Waals surface area contributed by atoms with E-state index in [-0.39, 0.29) is 5.91 Å². The monoisotopic (exact) mass is 280 g/mol. The Labute approximate surface area is 122 Å². The summed E-state index contributed by atoms with van der Waals surface area (Å²) in [6, 6.07) is 8.82. The summed E-state index contributed by atoms with van der Waals surface area (Å²) in [6.45, 7) is 10.2. The first-order valence-corrected chi connectivity index (χ1v) is 7.14. The van der Waals surface area contributed by atoms with Crippen molar-refractivity contribution in [1.82, 2.24) is 5.32 Å². The van der Waals surface area contributed by atoms with Gasteiger partial charge in [0, 0.05) is 17.8 Å². The summed E-state index contributed by atoms with van der Waals surface area (Å²) < 4.78 is 0. The topological polar surface area (TPSA) is 61.4 Å². The second kappa shape index (κ2) is 10.4. The van der Waals surface area contributed by atoms with Crippen LogP contribution in [0.15, 0.2) is 24.3 Å². The van der Waals surface area contributed by atoms with Crippen molar-refractivity contribution in [2.45, 2.75) is 53.1 Å². The lowest BCUT2D eigenvalue weighted by Crippen LogP contribution is -2.29. The van der Waals surface area contributed by atoms with Crippen LogP contribution in [-0.4, -0.2) is 29.7 Å². The maximum Gasteiger partial charge on any atom is 0.250 e. The Kier molecular flexibility index (Phi) is 9.68. The first kappa shape index (κ1) is 18.6. The van der Waals surface area contributed by atoms with E-state index in [1.54, 1.807) is 6.07 Å². The van der Waals surface area contributed by atoms with E-state index in [9.17, 15) is 4.79 Å². The summed E-state index contributed by atoms with van der Waals surface area (Å²) >= 11 is 0. The number of carbonyl (C=O) groups is 1. The number of rotatable bonds is 5. The average Bonchev–Trinajstić information content (AvgIpc) is 2.38. The van der Waals surface area contributed by atoms with Crippen LogP contribution in [0.1, 0.15) is 40.2 Å². The lowest BCUT2D eigenvalue weighted by molar-refractivity contribution is -0.118. The number of hydrogen-bond acceptors (Lipinski definition) is 3. The van der Waals surface area contributed by atoms with Crippen molar-refractivity contribution < 1.29 is 9.90 Å². The highest BCUT2D eigenvalue weighted by Gasteiger charge is 1.99. The van der Waals surface area contributed by atoms with Crippen LogP contribution in [0.2, 0.25) is 0 Å². The molecule has 0 aliphatic carbocycles. The highest BCUT2D eigenvalue weighted by molar-refractivity contribution is 5.91. The maximum absolute atomic E-state index is 10.8. The number of benzene rings is 1. The molecular weight excluding hydrogens is 252 g/mol. The Morgan fingerprint density at radius 2 is 1.80 bits per heavy atom. The number of aliphatic hydroxyl groups excluding tert-OH is 1. The highest BCUT2D eigenvalue weighted by Crippen LogP contribution is 2.10. The lowest BCUT2D eigenvalue weighted by atomic mass is 10.1. The fourth-order valence-corrected chi connectivity index (χ4v) is 1.74. The van der Waals surface area contributed by atoms with E-state index >= 15 is 0 Å². The van der Waals surface area contributed by atoms with Crippen molar-refractivity contribution in [1.29, 1.82) is 0 Å². The first-order chi connectivity index (χ1) is 9.38. The van der Waals surface area contributed by atoms with E-state index in [0.29, 0.717) is 12.1 Å². The summed E-state index contributed by atoms with van der Waals surface area (Å²) in [5, 5.41) is 14.4. The van der Waals surface area contributed by atoms with Crippen molar-refractivity contribution in [3.05, 3.63) is 29.8 Å². The van der Waals surface area contributed by atoms with Crippen LogP contribution < -0.4 is 10.6 Å². The first-order valence-electron chi connectivity index (χ1n) is 7.14. The molecule has 0 fully saturated rings. The molecule has 1 rings (SSSR count). The Hall–Kier alpha value is -1.39. The number of aryl methyl sites for hydroxylation is 1. The van der Waals surface area contributed by atoms with Gasteiger partial charge < -0.3 is 15.7 Å². The van der Waals surface area contributed by atoms with Crippen LogP contribution in [-0.2, 0) is 11.2 Å². The Balaban J connectivity index is 0.000000441. The van der Waals surface area contributed by atoms with E-state index in [4.69, 9.17) is 5.11 Å². The Morgan fingerprint density at radius 1 is 1.20 bits per heavy atom. The van der Waals surface area contributed by atoms with Gasteiger partial charge in [-0.1, -0.05) is 46.8 Å². The molecular formula is C16H28N2O2. The molecule has 0 aliphatic heterocycles. The zero-order valence-electron chi connectivity index (χ0n) is 13.2. The number of aliphatic hydroxyl groups is 1. The van der Waals surface area contributed by atoms with Gasteiger partial charge in [0.25, 0.3) is 0 Å². The molecule has 0 radical (unpaired) electrons.